The van der Waals surface area contributed by atoms with E-state index in [1.165, 1.54) is 4.88 Å². The van der Waals surface area contributed by atoms with Crippen LogP contribution in [0.15, 0.2) is 11.4 Å². The smallest absolute Gasteiger partial charge is 0.144 e. The zero-order valence-corrected chi connectivity index (χ0v) is 12.9. The van der Waals surface area contributed by atoms with E-state index in [1.807, 2.05) is 20.0 Å². The highest BCUT2D eigenvalue weighted by Gasteiger charge is 2.23. The molecule has 0 radical (unpaired) electrons. The van der Waals surface area contributed by atoms with E-state index in [9.17, 15) is 0 Å². The Morgan fingerprint density at radius 3 is 2.84 bits per heavy atom. The fraction of sp³-hybridized carbons (Fsp3) is 0.692. The van der Waals surface area contributed by atoms with Gasteiger partial charge in [0.2, 0.25) is 0 Å². The lowest BCUT2D eigenvalue weighted by atomic mass is 9.88. The van der Waals surface area contributed by atoms with E-state index in [-0.39, 0.29) is 17.3 Å². The molecule has 0 spiro atoms. The van der Waals surface area contributed by atoms with E-state index in [1.54, 1.807) is 11.3 Å². The van der Waals surface area contributed by atoms with E-state index >= 15 is 0 Å². The maximum Gasteiger partial charge on any atom is 0.144 e. The lowest BCUT2D eigenvalue weighted by Crippen LogP contribution is -2.35. The van der Waals surface area contributed by atoms with Gasteiger partial charge in [-0.3, -0.25) is 0 Å². The molecule has 5 nitrogen and oxygen atoms in total. The van der Waals surface area contributed by atoms with Gasteiger partial charge in [0.1, 0.15) is 10.8 Å². The number of rotatable bonds is 7. The Labute approximate surface area is 118 Å². The molecule has 1 aromatic heterocycles. The Balaban J connectivity index is 2.45. The Bertz CT molecular complexity index is 428. The summed E-state index contributed by atoms with van der Waals surface area (Å²) >= 11 is 1.75. The van der Waals surface area contributed by atoms with Gasteiger partial charge >= 0.3 is 0 Å². The molecule has 0 aliphatic carbocycles. The average molecular weight is 284 g/mol. The van der Waals surface area contributed by atoms with E-state index < -0.39 is 0 Å². The van der Waals surface area contributed by atoms with Gasteiger partial charge in [-0.2, -0.15) is 0 Å². The van der Waals surface area contributed by atoms with Crippen LogP contribution in [0.1, 0.15) is 50.0 Å². The summed E-state index contributed by atoms with van der Waals surface area (Å²) in [6.07, 6.45) is 3.78. The number of aromatic nitrogens is 1. The van der Waals surface area contributed by atoms with Crippen LogP contribution in [0.25, 0.3) is 0 Å². The standard InChI is InChI=1S/C13H24N4OS/c1-5-10-8-16-11(19-10)9(2)15-7-6-13(3,4)12(14)17-18/h8-9,15,18H,5-7H2,1-4H3,(H2,14,17). The molecule has 0 fully saturated rings. The van der Waals surface area contributed by atoms with Gasteiger partial charge < -0.3 is 16.3 Å². The van der Waals surface area contributed by atoms with Crippen molar-refractivity contribution < 1.29 is 5.21 Å². The SMILES string of the molecule is CCc1cnc(C(C)NCCC(C)(C)C(N)=NO)s1. The number of aryl methyl sites for hydroxylation is 1. The summed E-state index contributed by atoms with van der Waals surface area (Å²) in [5.74, 6) is 0.268. The van der Waals surface area contributed by atoms with Gasteiger partial charge in [-0.05, 0) is 26.3 Å². The number of oxime groups is 1. The van der Waals surface area contributed by atoms with Crippen molar-refractivity contribution in [3.8, 4) is 0 Å². The molecule has 0 saturated heterocycles. The summed E-state index contributed by atoms with van der Waals surface area (Å²) in [4.78, 5) is 5.73. The molecule has 0 aliphatic heterocycles. The average Bonchev–Trinajstić information content (AvgIpc) is 2.86. The molecule has 1 rings (SSSR count). The van der Waals surface area contributed by atoms with Crippen molar-refractivity contribution in [2.24, 2.45) is 16.3 Å². The monoisotopic (exact) mass is 284 g/mol. The second-order valence-corrected chi connectivity index (χ2v) is 6.46. The van der Waals surface area contributed by atoms with Gasteiger partial charge in [-0.15, -0.1) is 11.3 Å². The normalized spacial score (nSPS) is 14.6. The highest BCUT2D eigenvalue weighted by Crippen LogP contribution is 2.22. The van der Waals surface area contributed by atoms with E-state index in [4.69, 9.17) is 10.9 Å². The molecule has 19 heavy (non-hydrogen) atoms. The summed E-state index contributed by atoms with van der Waals surface area (Å²) in [6, 6.07) is 0.230. The van der Waals surface area contributed by atoms with Crippen LogP contribution in [0, 0.1) is 5.41 Å². The van der Waals surface area contributed by atoms with Crippen LogP contribution in [0.3, 0.4) is 0 Å². The Morgan fingerprint density at radius 1 is 1.63 bits per heavy atom. The number of hydrogen-bond acceptors (Lipinski definition) is 5. The van der Waals surface area contributed by atoms with Crippen LogP contribution >= 0.6 is 11.3 Å². The largest absolute Gasteiger partial charge is 0.409 e. The minimum atomic E-state index is -0.307. The third-order valence-electron chi connectivity index (χ3n) is 3.29. The topological polar surface area (TPSA) is 83.5 Å². The maximum absolute atomic E-state index is 8.72. The Morgan fingerprint density at radius 2 is 2.32 bits per heavy atom. The number of nitrogens with one attached hydrogen (secondary N) is 1. The fourth-order valence-electron chi connectivity index (χ4n) is 1.64. The highest BCUT2D eigenvalue weighted by molar-refractivity contribution is 7.11. The van der Waals surface area contributed by atoms with Gasteiger partial charge in [0, 0.05) is 16.5 Å². The predicted molar refractivity (Wildman–Crippen MR) is 79.7 cm³/mol. The molecule has 0 amide bonds. The van der Waals surface area contributed by atoms with Crippen LogP contribution in [0.4, 0.5) is 0 Å². The Hall–Kier alpha value is -1.14. The maximum atomic E-state index is 8.72. The molecule has 0 saturated carbocycles. The molecule has 108 valence electrons. The lowest BCUT2D eigenvalue weighted by Gasteiger charge is -2.23. The zero-order valence-electron chi connectivity index (χ0n) is 12.1. The van der Waals surface area contributed by atoms with Crippen molar-refractivity contribution >= 4 is 17.2 Å². The molecule has 6 heteroatoms. The minimum Gasteiger partial charge on any atom is -0.409 e. The van der Waals surface area contributed by atoms with Gasteiger partial charge in [0.25, 0.3) is 0 Å². The number of thiazole rings is 1. The number of amidine groups is 1. The second kappa shape index (κ2) is 6.86. The molecular weight excluding hydrogens is 260 g/mol. The van der Waals surface area contributed by atoms with E-state index in [2.05, 4.69) is 29.3 Å². The highest BCUT2D eigenvalue weighted by atomic mass is 32.1. The van der Waals surface area contributed by atoms with Crippen molar-refractivity contribution in [2.75, 3.05) is 6.54 Å². The third kappa shape index (κ3) is 4.47. The lowest BCUT2D eigenvalue weighted by molar-refractivity contribution is 0.304. The molecule has 0 bridgehead atoms. The molecule has 1 atom stereocenters. The predicted octanol–water partition coefficient (Wildman–Crippen LogP) is 2.52. The van der Waals surface area contributed by atoms with Crippen molar-refractivity contribution in [3.63, 3.8) is 0 Å². The van der Waals surface area contributed by atoms with Gasteiger partial charge in [-0.1, -0.05) is 25.9 Å². The van der Waals surface area contributed by atoms with Crippen molar-refractivity contribution in [1.29, 1.82) is 0 Å². The quantitative estimate of drug-likeness (QED) is 0.311. The first-order valence-corrected chi connectivity index (χ1v) is 7.38. The van der Waals surface area contributed by atoms with Crippen LogP contribution in [-0.2, 0) is 6.42 Å². The molecular formula is C13H24N4OS. The zero-order chi connectivity index (χ0) is 14.5. The third-order valence-corrected chi connectivity index (χ3v) is 4.62. The van der Waals surface area contributed by atoms with Crippen molar-refractivity contribution in [1.82, 2.24) is 10.3 Å². The van der Waals surface area contributed by atoms with Gasteiger partial charge in [-0.25, -0.2) is 4.98 Å². The molecule has 0 aromatic carbocycles. The van der Waals surface area contributed by atoms with Crippen LogP contribution in [0.5, 0.6) is 0 Å². The first-order valence-electron chi connectivity index (χ1n) is 6.56. The van der Waals surface area contributed by atoms with Gasteiger partial charge in [0.05, 0.1) is 6.04 Å². The molecule has 1 heterocycles. The minimum absolute atomic E-state index is 0.230. The van der Waals surface area contributed by atoms with Crippen molar-refractivity contribution in [2.45, 2.75) is 46.6 Å². The number of nitrogens with two attached hydrogens (primary N) is 1. The summed E-state index contributed by atoms with van der Waals surface area (Å²) in [7, 11) is 0. The first-order chi connectivity index (χ1) is 8.90. The van der Waals surface area contributed by atoms with E-state index in [0.717, 1.165) is 24.4 Å². The van der Waals surface area contributed by atoms with Crippen LogP contribution in [-0.4, -0.2) is 22.6 Å². The first kappa shape index (κ1) is 15.9. The summed E-state index contributed by atoms with van der Waals surface area (Å²) in [6.45, 7) is 8.97. The second-order valence-electron chi connectivity index (χ2n) is 5.31. The Kier molecular flexibility index (Phi) is 5.75. The molecule has 1 aromatic rings. The van der Waals surface area contributed by atoms with Crippen LogP contribution < -0.4 is 11.1 Å². The van der Waals surface area contributed by atoms with Crippen LogP contribution in [0.2, 0.25) is 0 Å². The molecule has 0 aliphatic rings. The number of nitrogens with zero attached hydrogens (tertiary/aromatic N) is 2. The van der Waals surface area contributed by atoms with Crippen molar-refractivity contribution in [3.05, 3.63) is 16.1 Å². The van der Waals surface area contributed by atoms with E-state index in [0.29, 0.717) is 0 Å². The summed E-state index contributed by atoms with van der Waals surface area (Å²) < 4.78 is 0. The number of hydrogen-bond donors (Lipinski definition) is 3. The molecule has 4 N–H and O–H groups in total. The fourth-order valence-corrected chi connectivity index (χ4v) is 2.52. The summed E-state index contributed by atoms with van der Waals surface area (Å²) in [5.41, 5.74) is 5.36. The molecule has 1 unspecified atom stereocenters. The summed E-state index contributed by atoms with van der Waals surface area (Å²) in [5, 5.41) is 16.3. The van der Waals surface area contributed by atoms with Gasteiger partial charge in [0.15, 0.2) is 0 Å².